The second kappa shape index (κ2) is 7.13. The van der Waals surface area contributed by atoms with E-state index in [0.717, 1.165) is 38.0 Å². The highest BCUT2D eigenvalue weighted by Crippen LogP contribution is 2.12. The van der Waals surface area contributed by atoms with E-state index in [9.17, 15) is 0 Å². The number of rotatable bonds is 7. The Hall–Kier alpha value is -1.39. The summed E-state index contributed by atoms with van der Waals surface area (Å²) in [4.78, 5) is 4.26. The lowest BCUT2D eigenvalue weighted by Gasteiger charge is -2.06. The predicted octanol–water partition coefficient (Wildman–Crippen LogP) is 2.49. The lowest BCUT2D eigenvalue weighted by atomic mass is 10.1. The Bertz CT molecular complexity index is 454. The molecule has 0 amide bonds. The predicted molar refractivity (Wildman–Crippen MR) is 77.9 cm³/mol. The molecule has 3 N–H and O–H groups in total. The number of anilines is 1. The van der Waals surface area contributed by atoms with Crippen LogP contribution in [0.15, 0.2) is 35.8 Å². The van der Waals surface area contributed by atoms with Crippen LogP contribution in [0.25, 0.3) is 0 Å². The van der Waals surface area contributed by atoms with Crippen LogP contribution in [0.5, 0.6) is 0 Å². The summed E-state index contributed by atoms with van der Waals surface area (Å²) in [6.07, 6.45) is 5.03. The fraction of sp³-hybridized carbons (Fsp3) is 0.357. The van der Waals surface area contributed by atoms with Gasteiger partial charge in [-0.2, -0.15) is 0 Å². The molecule has 1 aromatic heterocycles. The number of aromatic nitrogens is 1. The monoisotopic (exact) mass is 261 g/mol. The van der Waals surface area contributed by atoms with Gasteiger partial charge in [0, 0.05) is 30.2 Å². The molecule has 0 unspecified atom stereocenters. The van der Waals surface area contributed by atoms with Crippen molar-refractivity contribution in [3.05, 3.63) is 46.4 Å². The minimum absolute atomic E-state index is 0.903. The number of nitrogens with one attached hydrogen (secondary N) is 1. The van der Waals surface area contributed by atoms with Crippen molar-refractivity contribution < 1.29 is 0 Å². The van der Waals surface area contributed by atoms with Gasteiger partial charge in [0.15, 0.2) is 0 Å². The summed E-state index contributed by atoms with van der Waals surface area (Å²) < 4.78 is 0. The van der Waals surface area contributed by atoms with Gasteiger partial charge < -0.3 is 11.1 Å². The molecule has 0 aliphatic rings. The summed E-state index contributed by atoms with van der Waals surface area (Å²) in [5.41, 5.74) is 8.05. The van der Waals surface area contributed by atoms with Crippen LogP contribution in [0.1, 0.15) is 17.0 Å². The average Bonchev–Trinajstić information content (AvgIpc) is 2.89. The third kappa shape index (κ3) is 4.13. The molecular formula is C14H19N3S. The Morgan fingerprint density at radius 2 is 2.06 bits per heavy atom. The number of para-hydroxylation sites is 1. The highest BCUT2D eigenvalue weighted by atomic mass is 32.1. The molecule has 0 saturated heterocycles. The molecule has 3 nitrogen and oxygen atoms in total. The van der Waals surface area contributed by atoms with E-state index in [4.69, 9.17) is 5.73 Å². The topological polar surface area (TPSA) is 50.9 Å². The van der Waals surface area contributed by atoms with E-state index >= 15 is 0 Å². The van der Waals surface area contributed by atoms with Crippen molar-refractivity contribution in [2.24, 2.45) is 0 Å². The lowest BCUT2D eigenvalue weighted by Crippen LogP contribution is -2.19. The first-order valence-electron chi connectivity index (χ1n) is 6.29. The zero-order valence-corrected chi connectivity index (χ0v) is 11.2. The third-order valence-electron chi connectivity index (χ3n) is 2.85. The van der Waals surface area contributed by atoms with Crippen LogP contribution in [-0.2, 0) is 12.8 Å². The van der Waals surface area contributed by atoms with Crippen molar-refractivity contribution in [3.8, 4) is 0 Å². The Morgan fingerprint density at radius 1 is 1.17 bits per heavy atom. The van der Waals surface area contributed by atoms with Crippen LogP contribution < -0.4 is 11.1 Å². The highest BCUT2D eigenvalue weighted by Gasteiger charge is 1.98. The summed E-state index contributed by atoms with van der Waals surface area (Å²) in [5, 5.41) is 6.66. The number of nitrogens with zero attached hydrogens (tertiary/aromatic N) is 1. The van der Waals surface area contributed by atoms with Gasteiger partial charge in [-0.05, 0) is 31.0 Å². The zero-order chi connectivity index (χ0) is 12.6. The molecule has 0 saturated carbocycles. The van der Waals surface area contributed by atoms with Gasteiger partial charge in [0.1, 0.15) is 0 Å². The standard InChI is InChI=1S/C14H19N3S/c15-13-6-2-1-4-12(13)5-3-8-16-9-7-14-17-10-11-18-14/h1-2,4,6,10-11,16H,3,5,7-9,15H2. The lowest BCUT2D eigenvalue weighted by molar-refractivity contribution is 0.647. The van der Waals surface area contributed by atoms with E-state index in [1.165, 1.54) is 10.6 Å². The molecule has 0 aliphatic carbocycles. The van der Waals surface area contributed by atoms with Crippen LogP contribution >= 0.6 is 11.3 Å². The highest BCUT2D eigenvalue weighted by molar-refractivity contribution is 7.09. The molecule has 0 aliphatic heterocycles. The molecule has 0 radical (unpaired) electrons. The van der Waals surface area contributed by atoms with Gasteiger partial charge in [0.05, 0.1) is 5.01 Å². The van der Waals surface area contributed by atoms with Crippen LogP contribution in [0.4, 0.5) is 5.69 Å². The van der Waals surface area contributed by atoms with Gasteiger partial charge in [-0.3, -0.25) is 0 Å². The van der Waals surface area contributed by atoms with Crippen molar-refractivity contribution >= 4 is 17.0 Å². The number of hydrogen-bond donors (Lipinski definition) is 2. The maximum Gasteiger partial charge on any atom is 0.0937 e. The maximum absolute atomic E-state index is 5.90. The van der Waals surface area contributed by atoms with E-state index in [1.54, 1.807) is 11.3 Å². The molecule has 2 aromatic rings. The molecule has 4 heteroatoms. The van der Waals surface area contributed by atoms with Crippen molar-refractivity contribution in [2.45, 2.75) is 19.3 Å². The zero-order valence-electron chi connectivity index (χ0n) is 10.4. The minimum atomic E-state index is 0.903. The first-order chi connectivity index (χ1) is 8.86. The number of benzene rings is 1. The van der Waals surface area contributed by atoms with Crippen LogP contribution in [0.2, 0.25) is 0 Å². The molecule has 1 heterocycles. The van der Waals surface area contributed by atoms with E-state index in [1.807, 2.05) is 29.8 Å². The van der Waals surface area contributed by atoms with Crippen LogP contribution in [0.3, 0.4) is 0 Å². The number of aryl methyl sites for hydroxylation is 1. The van der Waals surface area contributed by atoms with Gasteiger partial charge in [-0.15, -0.1) is 11.3 Å². The maximum atomic E-state index is 5.90. The number of nitrogens with two attached hydrogens (primary N) is 1. The average molecular weight is 261 g/mol. The number of thiazole rings is 1. The second-order valence-corrected chi connectivity index (χ2v) is 5.21. The Labute approximate surface area is 112 Å². The normalized spacial score (nSPS) is 10.7. The molecule has 0 fully saturated rings. The van der Waals surface area contributed by atoms with Gasteiger partial charge in [-0.1, -0.05) is 18.2 Å². The van der Waals surface area contributed by atoms with E-state index in [0.29, 0.717) is 0 Å². The Morgan fingerprint density at radius 3 is 2.83 bits per heavy atom. The van der Waals surface area contributed by atoms with Crippen molar-refractivity contribution in [1.82, 2.24) is 10.3 Å². The Kier molecular flexibility index (Phi) is 5.17. The number of hydrogen-bond acceptors (Lipinski definition) is 4. The molecule has 0 bridgehead atoms. The summed E-state index contributed by atoms with van der Waals surface area (Å²) in [6.45, 7) is 2.03. The molecule has 96 valence electrons. The van der Waals surface area contributed by atoms with E-state index < -0.39 is 0 Å². The quantitative estimate of drug-likeness (QED) is 0.595. The van der Waals surface area contributed by atoms with Crippen molar-refractivity contribution in [2.75, 3.05) is 18.8 Å². The van der Waals surface area contributed by atoms with Crippen molar-refractivity contribution in [3.63, 3.8) is 0 Å². The minimum Gasteiger partial charge on any atom is -0.399 e. The summed E-state index contributed by atoms with van der Waals surface area (Å²) in [7, 11) is 0. The molecule has 2 rings (SSSR count). The fourth-order valence-corrected chi connectivity index (χ4v) is 2.48. The Balaban J connectivity index is 1.58. The molecular weight excluding hydrogens is 242 g/mol. The third-order valence-corrected chi connectivity index (χ3v) is 3.69. The largest absolute Gasteiger partial charge is 0.399 e. The molecule has 0 spiro atoms. The number of nitrogen functional groups attached to an aromatic ring is 1. The van der Waals surface area contributed by atoms with Crippen molar-refractivity contribution in [1.29, 1.82) is 0 Å². The SMILES string of the molecule is Nc1ccccc1CCCNCCc1nccs1. The van der Waals surface area contributed by atoms with Gasteiger partial charge >= 0.3 is 0 Å². The first-order valence-corrected chi connectivity index (χ1v) is 7.16. The molecule has 0 atom stereocenters. The van der Waals surface area contributed by atoms with E-state index in [2.05, 4.69) is 16.4 Å². The first kappa shape index (κ1) is 13.1. The molecule has 1 aromatic carbocycles. The fourth-order valence-electron chi connectivity index (χ4n) is 1.86. The molecule has 18 heavy (non-hydrogen) atoms. The van der Waals surface area contributed by atoms with Gasteiger partial charge in [0.2, 0.25) is 0 Å². The summed E-state index contributed by atoms with van der Waals surface area (Å²) in [6, 6.07) is 8.09. The van der Waals surface area contributed by atoms with Crippen LogP contribution in [-0.4, -0.2) is 18.1 Å². The van der Waals surface area contributed by atoms with Gasteiger partial charge in [-0.25, -0.2) is 4.98 Å². The summed E-state index contributed by atoms with van der Waals surface area (Å²) in [5.74, 6) is 0. The van der Waals surface area contributed by atoms with Gasteiger partial charge in [0.25, 0.3) is 0 Å². The second-order valence-electron chi connectivity index (χ2n) is 4.23. The summed E-state index contributed by atoms with van der Waals surface area (Å²) >= 11 is 1.72. The van der Waals surface area contributed by atoms with Crippen LogP contribution in [0, 0.1) is 0 Å². The van der Waals surface area contributed by atoms with E-state index in [-0.39, 0.29) is 0 Å². The smallest absolute Gasteiger partial charge is 0.0937 e.